The van der Waals surface area contributed by atoms with Crippen molar-refractivity contribution in [3.8, 4) is 11.4 Å². The summed E-state index contributed by atoms with van der Waals surface area (Å²) >= 11 is 0. The molecule has 2 heterocycles. The Kier molecular flexibility index (Phi) is 4.33. The van der Waals surface area contributed by atoms with Crippen molar-refractivity contribution in [3.05, 3.63) is 35.7 Å². The summed E-state index contributed by atoms with van der Waals surface area (Å²) in [5, 5.41) is 16.2. The average Bonchev–Trinajstić information content (AvgIpc) is 3.21. The first-order valence-electron chi connectivity index (χ1n) is 8.03. The Bertz CT molecular complexity index is 753. The molecule has 2 N–H and O–H groups in total. The van der Waals surface area contributed by atoms with E-state index in [1.54, 1.807) is 17.0 Å². The zero-order valence-corrected chi connectivity index (χ0v) is 13.7. The van der Waals surface area contributed by atoms with Crippen molar-refractivity contribution in [2.24, 2.45) is 11.8 Å². The van der Waals surface area contributed by atoms with Gasteiger partial charge in [0.15, 0.2) is 5.82 Å². The van der Waals surface area contributed by atoms with Gasteiger partial charge in [-0.05, 0) is 18.1 Å². The first-order valence-corrected chi connectivity index (χ1v) is 8.03. The van der Waals surface area contributed by atoms with Crippen molar-refractivity contribution < 1.29 is 14.7 Å². The Morgan fingerprint density at radius 2 is 2.00 bits per heavy atom. The fourth-order valence-corrected chi connectivity index (χ4v) is 2.98. The number of rotatable bonds is 4. The molecule has 1 aromatic carbocycles. The third-order valence-corrected chi connectivity index (χ3v) is 4.47. The molecule has 0 saturated carbocycles. The van der Waals surface area contributed by atoms with Gasteiger partial charge in [-0.3, -0.25) is 14.7 Å². The van der Waals surface area contributed by atoms with Crippen LogP contribution in [0.2, 0.25) is 0 Å². The summed E-state index contributed by atoms with van der Waals surface area (Å²) in [5.41, 5.74) is 1.38. The van der Waals surface area contributed by atoms with Crippen LogP contribution in [0.1, 0.15) is 30.0 Å². The highest BCUT2D eigenvalue weighted by Crippen LogP contribution is 2.25. The van der Waals surface area contributed by atoms with Crippen LogP contribution in [-0.4, -0.2) is 50.2 Å². The Morgan fingerprint density at radius 3 is 2.54 bits per heavy atom. The quantitative estimate of drug-likeness (QED) is 0.892. The molecule has 7 nitrogen and oxygen atoms in total. The first-order chi connectivity index (χ1) is 11.5. The van der Waals surface area contributed by atoms with Crippen LogP contribution < -0.4 is 0 Å². The van der Waals surface area contributed by atoms with Crippen LogP contribution in [0.25, 0.3) is 11.4 Å². The molecule has 1 aromatic heterocycles. The lowest BCUT2D eigenvalue weighted by Crippen LogP contribution is -2.29. The molecule has 7 heteroatoms. The number of aliphatic carboxylic acids is 1. The predicted molar refractivity (Wildman–Crippen MR) is 87.4 cm³/mol. The summed E-state index contributed by atoms with van der Waals surface area (Å²) in [6, 6.07) is 7.09. The Hall–Kier alpha value is -2.70. The normalized spacial score (nSPS) is 20.3. The van der Waals surface area contributed by atoms with Crippen molar-refractivity contribution in [1.29, 1.82) is 0 Å². The van der Waals surface area contributed by atoms with E-state index in [0.717, 1.165) is 17.8 Å². The molecule has 126 valence electrons. The Balaban J connectivity index is 1.74. The molecule has 0 bridgehead atoms. The van der Waals surface area contributed by atoms with Gasteiger partial charge in [-0.15, -0.1) is 0 Å². The summed E-state index contributed by atoms with van der Waals surface area (Å²) < 4.78 is 0. The number of carboxylic acids is 1. The first kappa shape index (κ1) is 16.2. The molecule has 2 atom stereocenters. The van der Waals surface area contributed by atoms with Gasteiger partial charge in [0.05, 0.1) is 5.92 Å². The van der Waals surface area contributed by atoms with Gasteiger partial charge in [-0.1, -0.05) is 26.0 Å². The molecule has 3 rings (SSSR count). The van der Waals surface area contributed by atoms with E-state index in [4.69, 9.17) is 0 Å². The number of hydrogen-bond acceptors (Lipinski definition) is 4. The number of carboxylic acid groups (broad SMARTS) is 1. The van der Waals surface area contributed by atoms with Gasteiger partial charge in [-0.25, -0.2) is 4.98 Å². The molecule has 1 amide bonds. The second kappa shape index (κ2) is 6.43. The highest BCUT2D eigenvalue weighted by molar-refractivity contribution is 5.95. The third kappa shape index (κ3) is 3.02. The molecular formula is C17H20N4O3. The van der Waals surface area contributed by atoms with Crippen LogP contribution in [-0.2, 0) is 11.2 Å². The van der Waals surface area contributed by atoms with E-state index in [2.05, 4.69) is 15.2 Å². The standard InChI is InChI=1S/C17H20N4O3/c1-3-14-18-15(20-19-14)11-4-6-12(7-5-11)16(22)21-8-10(2)13(9-21)17(23)24/h4-7,10,13H,3,8-9H2,1-2H3,(H,23,24)(H,18,19,20)/t10-,13-/m1/s1. The SMILES string of the molecule is CCc1nc(-c2ccc(C(=O)N3C[C@@H](C)[C@H](C(=O)O)C3)cc2)n[nH]1. The molecule has 2 aromatic rings. The lowest BCUT2D eigenvalue weighted by atomic mass is 9.99. The number of hydrogen-bond donors (Lipinski definition) is 2. The molecule has 1 aliphatic heterocycles. The number of H-pyrrole nitrogens is 1. The van der Waals surface area contributed by atoms with Crippen molar-refractivity contribution in [3.63, 3.8) is 0 Å². The van der Waals surface area contributed by atoms with Crippen LogP contribution >= 0.6 is 0 Å². The lowest BCUT2D eigenvalue weighted by molar-refractivity contribution is -0.142. The minimum Gasteiger partial charge on any atom is -0.481 e. The van der Waals surface area contributed by atoms with Crippen LogP contribution in [0.3, 0.4) is 0 Å². The number of amides is 1. The predicted octanol–water partition coefficient (Wildman–Crippen LogP) is 1.83. The number of benzene rings is 1. The van der Waals surface area contributed by atoms with Gasteiger partial charge in [-0.2, -0.15) is 5.10 Å². The van der Waals surface area contributed by atoms with Crippen LogP contribution in [0, 0.1) is 11.8 Å². The lowest BCUT2D eigenvalue weighted by Gasteiger charge is -2.16. The zero-order chi connectivity index (χ0) is 17.3. The molecule has 0 radical (unpaired) electrons. The molecule has 1 fully saturated rings. The highest BCUT2D eigenvalue weighted by Gasteiger charge is 2.37. The van der Waals surface area contributed by atoms with Crippen molar-refractivity contribution in [1.82, 2.24) is 20.1 Å². The maximum absolute atomic E-state index is 12.6. The summed E-state index contributed by atoms with van der Waals surface area (Å²) in [6.07, 6.45) is 0.779. The van der Waals surface area contributed by atoms with E-state index < -0.39 is 11.9 Å². The van der Waals surface area contributed by atoms with E-state index >= 15 is 0 Å². The highest BCUT2D eigenvalue weighted by atomic mass is 16.4. The maximum atomic E-state index is 12.6. The van der Waals surface area contributed by atoms with Gasteiger partial charge in [0, 0.05) is 30.6 Å². The minimum atomic E-state index is -0.843. The van der Waals surface area contributed by atoms with E-state index in [1.807, 2.05) is 26.0 Å². The summed E-state index contributed by atoms with van der Waals surface area (Å²) in [6.45, 7) is 4.59. The molecule has 24 heavy (non-hydrogen) atoms. The number of aromatic nitrogens is 3. The Morgan fingerprint density at radius 1 is 1.29 bits per heavy atom. The topological polar surface area (TPSA) is 99.2 Å². The number of carbonyl (C=O) groups is 2. The van der Waals surface area contributed by atoms with Crippen molar-refractivity contribution in [2.75, 3.05) is 13.1 Å². The van der Waals surface area contributed by atoms with Crippen LogP contribution in [0.15, 0.2) is 24.3 Å². The van der Waals surface area contributed by atoms with Gasteiger partial charge in [0.25, 0.3) is 5.91 Å². The molecule has 0 aliphatic carbocycles. The Labute approximate surface area is 139 Å². The number of carbonyl (C=O) groups excluding carboxylic acids is 1. The number of nitrogens with one attached hydrogen (secondary N) is 1. The fraction of sp³-hybridized carbons (Fsp3) is 0.412. The van der Waals surface area contributed by atoms with Gasteiger partial charge in [0.1, 0.15) is 5.82 Å². The van der Waals surface area contributed by atoms with E-state index in [9.17, 15) is 14.7 Å². The molecule has 0 unspecified atom stereocenters. The summed E-state index contributed by atoms with van der Waals surface area (Å²) in [5.74, 6) is -0.0891. The largest absolute Gasteiger partial charge is 0.481 e. The fourth-order valence-electron chi connectivity index (χ4n) is 2.98. The monoisotopic (exact) mass is 328 g/mol. The number of aryl methyl sites for hydroxylation is 1. The average molecular weight is 328 g/mol. The third-order valence-electron chi connectivity index (χ3n) is 4.47. The van der Waals surface area contributed by atoms with Crippen molar-refractivity contribution >= 4 is 11.9 Å². The van der Waals surface area contributed by atoms with Gasteiger partial charge >= 0.3 is 5.97 Å². The number of likely N-dealkylation sites (tertiary alicyclic amines) is 1. The van der Waals surface area contributed by atoms with Crippen molar-refractivity contribution in [2.45, 2.75) is 20.3 Å². The molecule has 0 spiro atoms. The minimum absolute atomic E-state index is 0.0357. The summed E-state index contributed by atoms with van der Waals surface area (Å²) in [4.78, 5) is 29.7. The molecule has 1 aliphatic rings. The van der Waals surface area contributed by atoms with Gasteiger partial charge in [0.2, 0.25) is 0 Å². The molecular weight excluding hydrogens is 308 g/mol. The van der Waals surface area contributed by atoms with Gasteiger partial charge < -0.3 is 10.0 Å². The second-order valence-electron chi connectivity index (χ2n) is 6.17. The van der Waals surface area contributed by atoms with Crippen LogP contribution in [0.4, 0.5) is 0 Å². The maximum Gasteiger partial charge on any atom is 0.308 e. The number of aromatic amines is 1. The smallest absolute Gasteiger partial charge is 0.308 e. The second-order valence-corrected chi connectivity index (χ2v) is 6.17. The zero-order valence-electron chi connectivity index (χ0n) is 13.7. The summed E-state index contributed by atoms with van der Waals surface area (Å²) in [7, 11) is 0. The van der Waals surface area contributed by atoms with E-state index in [1.165, 1.54) is 0 Å². The molecule has 1 saturated heterocycles. The van der Waals surface area contributed by atoms with E-state index in [-0.39, 0.29) is 18.4 Å². The van der Waals surface area contributed by atoms with Crippen LogP contribution in [0.5, 0.6) is 0 Å². The number of nitrogens with zero attached hydrogens (tertiary/aromatic N) is 3. The van der Waals surface area contributed by atoms with E-state index in [0.29, 0.717) is 17.9 Å².